The number of benzene rings is 2. The fraction of sp³-hybridized carbons (Fsp3) is 0.440. The number of nitrogens with one attached hydrogen (secondary N) is 3. The van der Waals surface area contributed by atoms with Gasteiger partial charge in [-0.3, -0.25) is 4.79 Å². The molecule has 3 rings (SSSR count). The molecule has 32 heavy (non-hydrogen) atoms. The normalized spacial score (nSPS) is 16.0. The third kappa shape index (κ3) is 6.99. The molecule has 0 aromatic heterocycles. The Balaban J connectivity index is 1.61. The van der Waals surface area contributed by atoms with Crippen molar-refractivity contribution in [1.82, 2.24) is 16.0 Å². The molecule has 7 heteroatoms. The van der Waals surface area contributed by atoms with Crippen molar-refractivity contribution < 1.29 is 14.3 Å². The number of hydrogen-bond acceptors (Lipinski definition) is 4. The molecule has 1 aliphatic rings. The number of carbonyl (C=O) groups is 1. The van der Waals surface area contributed by atoms with Crippen LogP contribution in [-0.4, -0.2) is 45.3 Å². The van der Waals surface area contributed by atoms with Gasteiger partial charge >= 0.3 is 0 Å². The van der Waals surface area contributed by atoms with E-state index in [0.717, 1.165) is 49.0 Å². The molecular weight excluding hydrogens is 404 g/mol. The minimum atomic E-state index is -0.0911. The minimum absolute atomic E-state index is 0.0911. The van der Waals surface area contributed by atoms with Gasteiger partial charge in [-0.2, -0.15) is 0 Å². The smallest absolute Gasteiger partial charge is 0.251 e. The van der Waals surface area contributed by atoms with Gasteiger partial charge < -0.3 is 25.4 Å². The number of nitrogens with zero attached hydrogens (tertiary/aromatic N) is 1. The molecule has 1 atom stereocenters. The maximum Gasteiger partial charge on any atom is 0.251 e. The molecule has 0 spiro atoms. The van der Waals surface area contributed by atoms with Crippen LogP contribution in [0.3, 0.4) is 0 Å². The zero-order valence-corrected chi connectivity index (χ0v) is 19.2. The molecule has 0 radical (unpaired) electrons. The SMILES string of the molecule is CCNC(=NCc1ccc(C(=O)NC)cc1)NCc1ccc(C)cc1OCC1CCOC1. The van der Waals surface area contributed by atoms with Crippen molar-refractivity contribution in [2.75, 3.05) is 33.4 Å². The average molecular weight is 439 g/mol. The minimum Gasteiger partial charge on any atom is -0.493 e. The highest BCUT2D eigenvalue weighted by Gasteiger charge is 2.17. The van der Waals surface area contributed by atoms with Gasteiger partial charge in [-0.25, -0.2) is 4.99 Å². The highest BCUT2D eigenvalue weighted by molar-refractivity contribution is 5.93. The van der Waals surface area contributed by atoms with Gasteiger partial charge in [-0.15, -0.1) is 0 Å². The summed E-state index contributed by atoms with van der Waals surface area (Å²) in [4.78, 5) is 16.4. The molecule has 3 N–H and O–H groups in total. The van der Waals surface area contributed by atoms with Crippen LogP contribution in [0, 0.1) is 12.8 Å². The van der Waals surface area contributed by atoms with Crippen LogP contribution in [-0.2, 0) is 17.8 Å². The van der Waals surface area contributed by atoms with E-state index in [1.807, 2.05) is 31.2 Å². The summed E-state index contributed by atoms with van der Waals surface area (Å²) in [5.41, 5.74) is 3.94. The molecular formula is C25H34N4O3. The predicted molar refractivity (Wildman–Crippen MR) is 127 cm³/mol. The van der Waals surface area contributed by atoms with E-state index in [-0.39, 0.29) is 5.91 Å². The second-order valence-electron chi connectivity index (χ2n) is 7.98. The zero-order chi connectivity index (χ0) is 22.8. The molecule has 0 saturated carbocycles. The van der Waals surface area contributed by atoms with Gasteiger partial charge in [0.1, 0.15) is 5.75 Å². The van der Waals surface area contributed by atoms with Crippen LogP contribution in [0.25, 0.3) is 0 Å². The van der Waals surface area contributed by atoms with Gasteiger partial charge in [0.15, 0.2) is 5.96 Å². The summed E-state index contributed by atoms with van der Waals surface area (Å²) in [7, 11) is 1.63. The fourth-order valence-electron chi connectivity index (χ4n) is 3.46. The molecule has 0 aliphatic carbocycles. The van der Waals surface area contributed by atoms with E-state index < -0.39 is 0 Å². The third-order valence-corrected chi connectivity index (χ3v) is 5.37. The van der Waals surface area contributed by atoms with E-state index in [0.29, 0.717) is 31.2 Å². The first-order chi connectivity index (χ1) is 15.6. The van der Waals surface area contributed by atoms with Crippen molar-refractivity contribution in [3.63, 3.8) is 0 Å². The van der Waals surface area contributed by atoms with Crippen molar-refractivity contribution in [1.29, 1.82) is 0 Å². The van der Waals surface area contributed by atoms with Crippen LogP contribution in [0.15, 0.2) is 47.5 Å². The Morgan fingerprint density at radius 1 is 1.19 bits per heavy atom. The largest absolute Gasteiger partial charge is 0.493 e. The van der Waals surface area contributed by atoms with Gasteiger partial charge in [-0.05, 0) is 49.6 Å². The Hall–Kier alpha value is -3.06. The van der Waals surface area contributed by atoms with Crippen LogP contribution in [0.2, 0.25) is 0 Å². The summed E-state index contributed by atoms with van der Waals surface area (Å²) >= 11 is 0. The summed E-state index contributed by atoms with van der Waals surface area (Å²) in [6.45, 7) is 8.29. The quantitative estimate of drug-likeness (QED) is 0.414. The van der Waals surface area contributed by atoms with Gasteiger partial charge in [0, 0.05) is 43.8 Å². The van der Waals surface area contributed by atoms with E-state index in [9.17, 15) is 4.79 Å². The first-order valence-electron chi connectivity index (χ1n) is 11.2. The molecule has 1 amide bonds. The highest BCUT2D eigenvalue weighted by atomic mass is 16.5. The second kappa shape index (κ2) is 12.1. The number of amides is 1. The lowest BCUT2D eigenvalue weighted by molar-refractivity contribution is 0.0963. The third-order valence-electron chi connectivity index (χ3n) is 5.37. The van der Waals surface area contributed by atoms with Crippen LogP contribution in [0.1, 0.15) is 40.4 Å². The van der Waals surface area contributed by atoms with Crippen molar-refractivity contribution in [3.05, 3.63) is 64.7 Å². The molecule has 2 aromatic rings. The Morgan fingerprint density at radius 2 is 2.00 bits per heavy atom. The molecule has 1 aliphatic heterocycles. The standard InChI is InChI=1S/C25H34N4O3/c1-4-27-25(28-14-19-6-9-21(10-7-19)24(30)26-3)29-15-22-8-5-18(2)13-23(22)32-17-20-11-12-31-16-20/h5-10,13,20H,4,11-12,14-17H2,1-3H3,(H,26,30)(H2,27,28,29). The van der Waals surface area contributed by atoms with Crippen molar-refractivity contribution in [3.8, 4) is 5.75 Å². The molecule has 1 saturated heterocycles. The second-order valence-corrected chi connectivity index (χ2v) is 7.98. The number of guanidine groups is 1. The number of rotatable bonds is 9. The maximum atomic E-state index is 11.7. The van der Waals surface area contributed by atoms with Gasteiger partial charge in [0.05, 0.1) is 19.8 Å². The van der Waals surface area contributed by atoms with Crippen LogP contribution in [0.4, 0.5) is 0 Å². The lowest BCUT2D eigenvalue weighted by atomic mass is 10.1. The predicted octanol–water partition coefficient (Wildman–Crippen LogP) is 3.03. The molecule has 2 aromatic carbocycles. The summed E-state index contributed by atoms with van der Waals surface area (Å²) in [6, 6.07) is 13.8. The fourth-order valence-corrected chi connectivity index (χ4v) is 3.46. The average Bonchev–Trinajstić information content (AvgIpc) is 3.34. The van der Waals surface area contributed by atoms with Gasteiger partial charge in [0.25, 0.3) is 5.91 Å². The number of carbonyl (C=O) groups excluding carboxylic acids is 1. The number of aryl methyl sites for hydroxylation is 1. The zero-order valence-electron chi connectivity index (χ0n) is 19.2. The first-order valence-corrected chi connectivity index (χ1v) is 11.2. The Labute approximate surface area is 190 Å². The topological polar surface area (TPSA) is 84.0 Å². The Bertz CT molecular complexity index is 906. The van der Waals surface area contributed by atoms with E-state index in [2.05, 4.69) is 46.1 Å². The van der Waals surface area contributed by atoms with E-state index in [1.165, 1.54) is 5.56 Å². The van der Waals surface area contributed by atoms with Gasteiger partial charge in [0.2, 0.25) is 0 Å². The van der Waals surface area contributed by atoms with E-state index in [1.54, 1.807) is 7.05 Å². The maximum absolute atomic E-state index is 11.7. The van der Waals surface area contributed by atoms with E-state index in [4.69, 9.17) is 9.47 Å². The molecule has 7 nitrogen and oxygen atoms in total. The number of ether oxygens (including phenoxy) is 2. The summed E-state index contributed by atoms with van der Waals surface area (Å²) in [5, 5.41) is 9.32. The molecule has 172 valence electrons. The van der Waals surface area contributed by atoms with Crippen LogP contribution >= 0.6 is 0 Å². The number of aliphatic imine (C=N–C) groups is 1. The van der Waals surface area contributed by atoms with Crippen molar-refractivity contribution in [2.24, 2.45) is 10.9 Å². The Morgan fingerprint density at radius 3 is 2.69 bits per heavy atom. The van der Waals surface area contributed by atoms with Crippen molar-refractivity contribution in [2.45, 2.75) is 33.4 Å². The Kier molecular flexibility index (Phi) is 8.92. The highest BCUT2D eigenvalue weighted by Crippen LogP contribution is 2.22. The molecule has 0 bridgehead atoms. The lowest BCUT2D eigenvalue weighted by Crippen LogP contribution is -2.36. The molecule has 1 unspecified atom stereocenters. The lowest BCUT2D eigenvalue weighted by Gasteiger charge is -2.17. The molecule has 1 heterocycles. The summed E-state index contributed by atoms with van der Waals surface area (Å²) < 4.78 is 11.6. The number of hydrogen-bond donors (Lipinski definition) is 3. The van der Waals surface area contributed by atoms with Gasteiger partial charge in [-0.1, -0.05) is 24.3 Å². The summed E-state index contributed by atoms with van der Waals surface area (Å²) in [5.74, 6) is 2.01. The summed E-state index contributed by atoms with van der Waals surface area (Å²) in [6.07, 6.45) is 1.06. The first kappa shape index (κ1) is 23.6. The van der Waals surface area contributed by atoms with Crippen LogP contribution < -0.4 is 20.7 Å². The van der Waals surface area contributed by atoms with Crippen molar-refractivity contribution >= 4 is 11.9 Å². The van der Waals surface area contributed by atoms with E-state index >= 15 is 0 Å². The van der Waals surface area contributed by atoms with Crippen LogP contribution in [0.5, 0.6) is 5.75 Å². The molecule has 1 fully saturated rings. The monoisotopic (exact) mass is 438 g/mol.